The monoisotopic (exact) mass is 493 g/mol. The van der Waals surface area contributed by atoms with Crippen molar-refractivity contribution < 1.29 is 13.9 Å². The van der Waals surface area contributed by atoms with Gasteiger partial charge in [-0.3, -0.25) is 9.48 Å². The molecule has 2 aromatic carbocycles. The maximum Gasteiger partial charge on any atom is 0.291 e. The molecule has 4 rings (SSSR count). The fraction of sp³-hybridized carbons (Fsp3) is 0.200. The Morgan fingerprint density at radius 2 is 1.91 bits per heavy atom. The van der Waals surface area contributed by atoms with E-state index >= 15 is 0 Å². The highest BCUT2D eigenvalue weighted by atomic mass is 79.9. The molecule has 0 saturated heterocycles. The Balaban J connectivity index is 1.39. The molecular weight excluding hydrogens is 470 g/mol. The van der Waals surface area contributed by atoms with Crippen molar-refractivity contribution in [1.82, 2.24) is 9.78 Å². The molecule has 2 heterocycles. The van der Waals surface area contributed by atoms with Crippen molar-refractivity contribution in [2.24, 2.45) is 0 Å². The van der Waals surface area contributed by atoms with E-state index < -0.39 is 0 Å². The number of para-hydroxylation sites is 1. The number of halogens is 1. The van der Waals surface area contributed by atoms with Crippen LogP contribution in [-0.2, 0) is 13.2 Å². The Bertz CT molecular complexity index is 1260. The predicted octanol–water partition coefficient (Wildman–Crippen LogP) is 6.04. The molecule has 7 heteroatoms. The van der Waals surface area contributed by atoms with Crippen LogP contribution in [-0.4, -0.2) is 15.7 Å². The minimum atomic E-state index is -0.307. The summed E-state index contributed by atoms with van der Waals surface area (Å²) in [4.78, 5) is 12.7. The lowest BCUT2D eigenvalue weighted by Crippen LogP contribution is -2.11. The second-order valence-electron chi connectivity index (χ2n) is 7.62. The molecule has 0 saturated carbocycles. The molecule has 0 aliphatic rings. The highest BCUT2D eigenvalue weighted by Crippen LogP contribution is 2.22. The number of carbonyl (C=O) groups is 1. The van der Waals surface area contributed by atoms with Gasteiger partial charge in [0.05, 0.1) is 22.4 Å². The minimum Gasteiger partial charge on any atom is -0.485 e. The van der Waals surface area contributed by atoms with Crippen LogP contribution in [0.5, 0.6) is 5.75 Å². The summed E-state index contributed by atoms with van der Waals surface area (Å²) < 4.78 is 14.4. The molecule has 0 radical (unpaired) electrons. The van der Waals surface area contributed by atoms with Crippen molar-refractivity contribution in [3.63, 3.8) is 0 Å². The van der Waals surface area contributed by atoms with Gasteiger partial charge in [-0.05, 0) is 78.2 Å². The molecule has 0 unspecified atom stereocenters. The van der Waals surface area contributed by atoms with E-state index in [1.807, 2.05) is 74.0 Å². The molecule has 4 aromatic rings. The zero-order valence-electron chi connectivity index (χ0n) is 18.2. The molecule has 0 fully saturated rings. The summed E-state index contributed by atoms with van der Waals surface area (Å²) in [5.74, 6) is 1.31. The summed E-state index contributed by atoms with van der Waals surface area (Å²) in [6.45, 7) is 6.84. The quantitative estimate of drug-likeness (QED) is 0.340. The molecular formula is C25H24BrN3O3. The number of aryl methyl sites for hydroxylation is 2. The summed E-state index contributed by atoms with van der Waals surface area (Å²) in [6, 6.07) is 18.9. The highest BCUT2D eigenvalue weighted by molar-refractivity contribution is 9.10. The first-order valence-corrected chi connectivity index (χ1v) is 11.1. The maximum atomic E-state index is 12.7. The molecule has 2 aromatic heterocycles. The molecule has 0 aliphatic carbocycles. The van der Waals surface area contributed by atoms with Crippen molar-refractivity contribution in [1.29, 1.82) is 0 Å². The number of rotatable bonds is 7. The van der Waals surface area contributed by atoms with Gasteiger partial charge in [0, 0.05) is 5.69 Å². The second kappa shape index (κ2) is 9.44. The molecule has 0 spiro atoms. The number of anilines is 1. The SMILES string of the molecule is Cc1ccccc1OCc1ccc(C(=O)Nc2cccc(Cn3nc(C)c(Br)c3C)c2)o1. The van der Waals surface area contributed by atoms with Gasteiger partial charge in [0.25, 0.3) is 5.91 Å². The van der Waals surface area contributed by atoms with E-state index in [4.69, 9.17) is 9.15 Å². The summed E-state index contributed by atoms with van der Waals surface area (Å²) >= 11 is 3.56. The highest BCUT2D eigenvalue weighted by Gasteiger charge is 2.13. The molecule has 0 aliphatic heterocycles. The van der Waals surface area contributed by atoms with E-state index in [0.29, 0.717) is 18.0 Å². The summed E-state index contributed by atoms with van der Waals surface area (Å²) in [6.07, 6.45) is 0. The average molecular weight is 494 g/mol. The maximum absolute atomic E-state index is 12.7. The summed E-state index contributed by atoms with van der Waals surface area (Å²) in [7, 11) is 0. The Kier molecular flexibility index (Phi) is 6.46. The van der Waals surface area contributed by atoms with E-state index in [1.165, 1.54) is 0 Å². The zero-order valence-corrected chi connectivity index (χ0v) is 19.8. The number of ether oxygens (including phenoxy) is 1. The molecule has 1 N–H and O–H groups in total. The number of nitrogens with one attached hydrogen (secondary N) is 1. The third-order valence-electron chi connectivity index (χ3n) is 5.16. The van der Waals surface area contributed by atoms with Gasteiger partial charge in [-0.2, -0.15) is 5.10 Å². The van der Waals surface area contributed by atoms with Crippen LogP contribution in [0.15, 0.2) is 69.6 Å². The number of hydrogen-bond donors (Lipinski definition) is 1. The number of benzene rings is 2. The standard InChI is InChI=1S/C25H24BrN3O3/c1-16-7-4-5-10-22(16)31-15-21-11-12-23(32-21)25(30)27-20-9-6-8-19(13-20)14-29-18(3)24(26)17(2)28-29/h4-13H,14-15H2,1-3H3,(H,27,30). The first-order chi connectivity index (χ1) is 15.4. The van der Waals surface area contributed by atoms with Gasteiger partial charge in [0.2, 0.25) is 0 Å². The largest absolute Gasteiger partial charge is 0.485 e. The van der Waals surface area contributed by atoms with Crippen LogP contribution in [0, 0.1) is 20.8 Å². The van der Waals surface area contributed by atoms with Crippen molar-refractivity contribution in [3.8, 4) is 5.75 Å². The average Bonchev–Trinajstić information content (AvgIpc) is 3.35. The third kappa shape index (κ3) is 4.94. The van der Waals surface area contributed by atoms with Crippen LogP contribution < -0.4 is 10.1 Å². The first-order valence-electron chi connectivity index (χ1n) is 10.3. The number of nitrogens with zero attached hydrogens (tertiary/aromatic N) is 2. The van der Waals surface area contributed by atoms with Gasteiger partial charge in [0.15, 0.2) is 5.76 Å². The van der Waals surface area contributed by atoms with Crippen LogP contribution in [0.4, 0.5) is 5.69 Å². The van der Waals surface area contributed by atoms with E-state index in [9.17, 15) is 4.79 Å². The smallest absolute Gasteiger partial charge is 0.291 e. The van der Waals surface area contributed by atoms with Gasteiger partial charge in [0.1, 0.15) is 18.1 Å². The number of amides is 1. The van der Waals surface area contributed by atoms with Gasteiger partial charge >= 0.3 is 0 Å². The van der Waals surface area contributed by atoms with Gasteiger partial charge in [-0.1, -0.05) is 30.3 Å². The fourth-order valence-electron chi connectivity index (χ4n) is 3.39. The molecule has 32 heavy (non-hydrogen) atoms. The lowest BCUT2D eigenvalue weighted by Gasteiger charge is -2.08. The molecule has 0 atom stereocenters. The van der Waals surface area contributed by atoms with Crippen LogP contribution in [0.3, 0.4) is 0 Å². The predicted molar refractivity (Wildman–Crippen MR) is 127 cm³/mol. The Labute approximate surface area is 195 Å². The van der Waals surface area contributed by atoms with Gasteiger partial charge in [-0.25, -0.2) is 0 Å². The van der Waals surface area contributed by atoms with E-state index in [1.54, 1.807) is 12.1 Å². The number of furan rings is 1. The lowest BCUT2D eigenvalue weighted by molar-refractivity contribution is 0.0992. The number of carbonyl (C=O) groups excluding carboxylic acids is 1. The second-order valence-corrected chi connectivity index (χ2v) is 8.41. The zero-order chi connectivity index (χ0) is 22.7. The van der Waals surface area contributed by atoms with E-state index in [2.05, 4.69) is 26.3 Å². The normalized spacial score (nSPS) is 10.9. The minimum absolute atomic E-state index is 0.237. The van der Waals surface area contributed by atoms with Crippen molar-refractivity contribution in [2.75, 3.05) is 5.32 Å². The topological polar surface area (TPSA) is 69.3 Å². The van der Waals surface area contributed by atoms with E-state index in [-0.39, 0.29) is 18.3 Å². The molecule has 164 valence electrons. The van der Waals surface area contributed by atoms with Crippen LogP contribution in [0.25, 0.3) is 0 Å². The number of hydrogen-bond acceptors (Lipinski definition) is 4. The van der Waals surface area contributed by atoms with Crippen LogP contribution in [0.2, 0.25) is 0 Å². The number of aromatic nitrogens is 2. The van der Waals surface area contributed by atoms with Crippen molar-refractivity contribution in [2.45, 2.75) is 33.9 Å². The van der Waals surface area contributed by atoms with Crippen molar-refractivity contribution >= 4 is 27.5 Å². The Morgan fingerprint density at radius 1 is 1.09 bits per heavy atom. The van der Waals surface area contributed by atoms with Crippen molar-refractivity contribution in [3.05, 3.63) is 99.2 Å². The summed E-state index contributed by atoms with van der Waals surface area (Å²) in [5.41, 5.74) is 4.79. The molecule has 1 amide bonds. The van der Waals surface area contributed by atoms with E-state index in [0.717, 1.165) is 32.7 Å². The lowest BCUT2D eigenvalue weighted by atomic mass is 10.2. The molecule has 0 bridgehead atoms. The van der Waals surface area contributed by atoms with Gasteiger partial charge < -0.3 is 14.5 Å². The Morgan fingerprint density at radius 3 is 2.66 bits per heavy atom. The first kappa shape index (κ1) is 21.9. The van der Waals surface area contributed by atoms with Gasteiger partial charge in [-0.15, -0.1) is 0 Å². The van der Waals surface area contributed by atoms with Crippen LogP contribution >= 0.6 is 15.9 Å². The molecule has 6 nitrogen and oxygen atoms in total. The fourth-order valence-corrected chi connectivity index (χ4v) is 3.67. The third-order valence-corrected chi connectivity index (χ3v) is 6.31. The summed E-state index contributed by atoms with van der Waals surface area (Å²) in [5, 5.41) is 7.45. The Hall–Kier alpha value is -3.32. The van der Waals surface area contributed by atoms with Crippen LogP contribution in [0.1, 0.15) is 38.8 Å².